The molecule has 1 aliphatic rings. The molecular weight excluding hydrogens is 400 g/mol. The zero-order valence-corrected chi connectivity index (χ0v) is 17.3. The lowest BCUT2D eigenvalue weighted by Crippen LogP contribution is -2.27. The highest BCUT2D eigenvalue weighted by Crippen LogP contribution is 2.39. The smallest absolute Gasteiger partial charge is 0.150 e. The summed E-state index contributed by atoms with van der Waals surface area (Å²) in [5, 5.41) is 14.2. The molecule has 0 aliphatic heterocycles. The lowest BCUT2D eigenvalue weighted by atomic mass is 9.82. The summed E-state index contributed by atoms with van der Waals surface area (Å²) < 4.78 is 2.01. The van der Waals surface area contributed by atoms with Gasteiger partial charge in [0.2, 0.25) is 0 Å². The van der Waals surface area contributed by atoms with Crippen molar-refractivity contribution in [1.29, 1.82) is 0 Å². The number of hydrogen-bond donors (Lipinski definition) is 3. The van der Waals surface area contributed by atoms with Gasteiger partial charge in [-0.05, 0) is 43.2 Å². The molecule has 2 aromatic carbocycles. The fourth-order valence-corrected chi connectivity index (χ4v) is 4.38. The van der Waals surface area contributed by atoms with Gasteiger partial charge in [-0.3, -0.25) is 4.40 Å². The third kappa shape index (κ3) is 3.14. The Bertz CT molecular complexity index is 1440. The standard InChI is InChI=1S/C25H22N6O/c26-24-23-22(30-25(17-12-19(32)13-17)31(23)11-10-27-24)16-7-6-15-8-9-21(29-20(15)14-16)28-18-4-2-1-3-5-18/h1-11,14,17,19,32H,12-13H2,(H2,26,27)(H,28,29). The number of pyridine rings is 1. The van der Waals surface area contributed by atoms with Gasteiger partial charge in [0.1, 0.15) is 28.7 Å². The number of anilines is 3. The quantitative estimate of drug-likeness (QED) is 0.394. The van der Waals surface area contributed by atoms with Crippen molar-refractivity contribution < 1.29 is 5.11 Å². The minimum absolute atomic E-state index is 0.216. The highest BCUT2D eigenvalue weighted by molar-refractivity contribution is 5.91. The molecule has 0 atom stereocenters. The third-order valence-corrected chi connectivity index (χ3v) is 6.10. The lowest BCUT2D eigenvalue weighted by Gasteiger charge is -2.30. The number of imidazole rings is 1. The molecule has 6 rings (SSSR count). The van der Waals surface area contributed by atoms with E-state index < -0.39 is 0 Å². The highest BCUT2D eigenvalue weighted by atomic mass is 16.3. The van der Waals surface area contributed by atoms with Crippen LogP contribution in [-0.4, -0.2) is 30.6 Å². The molecule has 0 saturated heterocycles. The topological polar surface area (TPSA) is 101 Å². The van der Waals surface area contributed by atoms with Gasteiger partial charge in [0, 0.05) is 34.9 Å². The summed E-state index contributed by atoms with van der Waals surface area (Å²) in [7, 11) is 0. The Morgan fingerprint density at radius 2 is 1.81 bits per heavy atom. The number of nitrogen functional groups attached to an aromatic ring is 1. The van der Waals surface area contributed by atoms with Crippen LogP contribution in [0.15, 0.2) is 73.1 Å². The van der Waals surface area contributed by atoms with Crippen LogP contribution in [0.4, 0.5) is 17.3 Å². The van der Waals surface area contributed by atoms with Crippen LogP contribution in [0.1, 0.15) is 24.6 Å². The Morgan fingerprint density at radius 3 is 2.62 bits per heavy atom. The van der Waals surface area contributed by atoms with Gasteiger partial charge in [0.05, 0.1) is 11.6 Å². The van der Waals surface area contributed by atoms with Gasteiger partial charge >= 0.3 is 0 Å². The van der Waals surface area contributed by atoms with Crippen molar-refractivity contribution in [3.63, 3.8) is 0 Å². The number of aromatic nitrogens is 4. The van der Waals surface area contributed by atoms with Crippen molar-refractivity contribution in [2.24, 2.45) is 0 Å². The van der Waals surface area contributed by atoms with Crippen LogP contribution in [0, 0.1) is 0 Å². The van der Waals surface area contributed by atoms with E-state index in [1.807, 2.05) is 59.1 Å². The molecule has 0 radical (unpaired) electrons. The molecular formula is C25H22N6O. The number of aliphatic hydroxyl groups is 1. The molecule has 3 heterocycles. The molecule has 0 spiro atoms. The van der Waals surface area contributed by atoms with E-state index in [2.05, 4.69) is 22.4 Å². The molecule has 4 N–H and O–H groups in total. The molecule has 3 aromatic heterocycles. The number of rotatable bonds is 4. The number of benzene rings is 2. The van der Waals surface area contributed by atoms with Gasteiger partial charge in [0.15, 0.2) is 0 Å². The first-order valence-electron chi connectivity index (χ1n) is 10.7. The molecule has 1 aliphatic carbocycles. The number of para-hydroxylation sites is 1. The van der Waals surface area contributed by atoms with Crippen LogP contribution < -0.4 is 11.1 Å². The van der Waals surface area contributed by atoms with Crippen LogP contribution in [-0.2, 0) is 0 Å². The normalized spacial score (nSPS) is 18.0. The van der Waals surface area contributed by atoms with Crippen molar-refractivity contribution in [3.05, 3.63) is 78.9 Å². The second kappa shape index (κ2) is 7.32. The van der Waals surface area contributed by atoms with E-state index in [4.69, 9.17) is 15.7 Å². The average molecular weight is 422 g/mol. The average Bonchev–Trinajstić information content (AvgIpc) is 3.18. The maximum Gasteiger partial charge on any atom is 0.150 e. The second-order valence-electron chi connectivity index (χ2n) is 8.27. The van der Waals surface area contributed by atoms with Crippen molar-refractivity contribution in [3.8, 4) is 11.3 Å². The highest BCUT2D eigenvalue weighted by Gasteiger charge is 2.33. The van der Waals surface area contributed by atoms with Crippen LogP contribution in [0.25, 0.3) is 27.7 Å². The van der Waals surface area contributed by atoms with Crippen molar-refractivity contribution in [2.45, 2.75) is 24.9 Å². The maximum absolute atomic E-state index is 9.79. The van der Waals surface area contributed by atoms with Gasteiger partial charge in [-0.15, -0.1) is 0 Å². The third-order valence-electron chi connectivity index (χ3n) is 6.10. The zero-order valence-electron chi connectivity index (χ0n) is 17.3. The summed E-state index contributed by atoms with van der Waals surface area (Å²) in [6.07, 6.45) is 4.76. The van der Waals surface area contributed by atoms with Gasteiger partial charge in [0.25, 0.3) is 0 Å². The van der Waals surface area contributed by atoms with Crippen molar-refractivity contribution in [2.75, 3.05) is 11.1 Å². The van der Waals surface area contributed by atoms with Gasteiger partial charge < -0.3 is 16.2 Å². The number of nitrogens with zero attached hydrogens (tertiary/aromatic N) is 4. The minimum atomic E-state index is -0.254. The van der Waals surface area contributed by atoms with E-state index in [0.29, 0.717) is 18.7 Å². The van der Waals surface area contributed by atoms with Gasteiger partial charge in [-0.1, -0.05) is 30.3 Å². The fraction of sp³-hybridized carbons (Fsp3) is 0.160. The summed E-state index contributed by atoms with van der Waals surface area (Å²) in [4.78, 5) is 14.1. The monoisotopic (exact) mass is 422 g/mol. The molecule has 0 unspecified atom stereocenters. The van der Waals surface area contributed by atoms with E-state index in [9.17, 15) is 5.11 Å². The predicted molar refractivity (Wildman–Crippen MR) is 126 cm³/mol. The predicted octanol–water partition coefficient (Wildman–Crippen LogP) is 4.51. The number of hydrogen-bond acceptors (Lipinski definition) is 6. The largest absolute Gasteiger partial charge is 0.393 e. The first kappa shape index (κ1) is 18.8. The van der Waals surface area contributed by atoms with Crippen LogP contribution in [0.3, 0.4) is 0 Å². The minimum Gasteiger partial charge on any atom is -0.393 e. The SMILES string of the molecule is Nc1nccn2c(C3CC(O)C3)nc(-c3ccc4ccc(Nc5ccccc5)nc4c3)c12. The van der Waals surface area contributed by atoms with Crippen LogP contribution in [0.2, 0.25) is 0 Å². The van der Waals surface area contributed by atoms with Crippen LogP contribution in [0.5, 0.6) is 0 Å². The Morgan fingerprint density at radius 1 is 1.00 bits per heavy atom. The van der Waals surface area contributed by atoms with Gasteiger partial charge in [-0.2, -0.15) is 0 Å². The molecule has 0 bridgehead atoms. The molecule has 158 valence electrons. The summed E-state index contributed by atoms with van der Waals surface area (Å²) in [6.45, 7) is 0. The fourth-order valence-electron chi connectivity index (χ4n) is 4.38. The Labute approximate surface area is 184 Å². The van der Waals surface area contributed by atoms with Crippen LogP contribution >= 0.6 is 0 Å². The Balaban J connectivity index is 1.45. The summed E-state index contributed by atoms with van der Waals surface area (Å²) in [6, 6.07) is 20.1. The van der Waals surface area contributed by atoms with E-state index in [-0.39, 0.29) is 12.0 Å². The number of aliphatic hydroxyl groups excluding tert-OH is 1. The number of nitrogens with one attached hydrogen (secondary N) is 1. The van der Waals surface area contributed by atoms with E-state index in [0.717, 1.165) is 45.0 Å². The molecule has 1 fully saturated rings. The summed E-state index contributed by atoms with van der Waals surface area (Å²) >= 11 is 0. The van der Waals surface area contributed by atoms with E-state index in [1.54, 1.807) is 6.20 Å². The van der Waals surface area contributed by atoms with Crippen molar-refractivity contribution >= 4 is 33.7 Å². The Kier molecular flexibility index (Phi) is 4.29. The number of fused-ring (bicyclic) bond motifs is 2. The van der Waals surface area contributed by atoms with Crippen molar-refractivity contribution in [1.82, 2.24) is 19.4 Å². The van der Waals surface area contributed by atoms with E-state index in [1.165, 1.54) is 0 Å². The van der Waals surface area contributed by atoms with E-state index >= 15 is 0 Å². The Hall–Kier alpha value is -3.97. The number of nitrogens with two attached hydrogens (primary N) is 1. The molecule has 0 amide bonds. The summed E-state index contributed by atoms with van der Waals surface area (Å²) in [5.41, 5.74) is 10.6. The molecule has 32 heavy (non-hydrogen) atoms. The van der Waals surface area contributed by atoms with Gasteiger partial charge in [-0.25, -0.2) is 15.0 Å². The lowest BCUT2D eigenvalue weighted by molar-refractivity contribution is 0.0715. The first-order chi connectivity index (χ1) is 15.7. The first-order valence-corrected chi connectivity index (χ1v) is 10.7. The maximum atomic E-state index is 9.79. The molecule has 7 heteroatoms. The zero-order chi connectivity index (χ0) is 21.7. The second-order valence-corrected chi connectivity index (χ2v) is 8.27. The molecule has 1 saturated carbocycles. The molecule has 5 aromatic rings. The summed E-state index contributed by atoms with van der Waals surface area (Å²) in [5.74, 6) is 2.35. The molecule has 7 nitrogen and oxygen atoms in total.